The van der Waals surface area contributed by atoms with E-state index >= 15 is 0 Å². The van der Waals surface area contributed by atoms with E-state index in [2.05, 4.69) is 167 Å². The molecule has 0 N–H and O–H groups in total. The van der Waals surface area contributed by atoms with Crippen molar-refractivity contribution in [2.75, 3.05) is 13.2 Å². The molecular weight excluding hydrogens is 997 g/mol. The fourth-order valence-electron chi connectivity index (χ4n) is 8.92. The minimum atomic E-state index is -0.791. The molecule has 0 spiro atoms. The first-order valence-corrected chi connectivity index (χ1v) is 33.3. The third kappa shape index (κ3) is 66.0. The molecule has 0 saturated carbocycles. The van der Waals surface area contributed by atoms with Crippen LogP contribution in [0, 0.1) is 0 Å². The van der Waals surface area contributed by atoms with Crippen LogP contribution < -0.4 is 0 Å². The van der Waals surface area contributed by atoms with Gasteiger partial charge in [0.25, 0.3) is 0 Å². The molecule has 1 atom stereocenters. The topological polar surface area (TPSA) is 78.9 Å². The second-order valence-electron chi connectivity index (χ2n) is 21.6. The monoisotopic (exact) mass is 1120 g/mol. The quantitative estimate of drug-likeness (QED) is 0.0261. The molecule has 6 heteroatoms. The molecule has 0 radical (unpaired) electrons. The first-order chi connectivity index (χ1) is 40.0. The molecule has 6 nitrogen and oxygen atoms in total. The Labute approximate surface area is 499 Å². The molecule has 0 saturated heterocycles. The fraction of sp³-hybridized carbons (Fsp3) is 0.640. The summed E-state index contributed by atoms with van der Waals surface area (Å²) in [5.74, 6) is -0.928. The average molecular weight is 1120 g/mol. The Morgan fingerprint density at radius 1 is 0.259 bits per heavy atom. The molecule has 81 heavy (non-hydrogen) atoms. The van der Waals surface area contributed by atoms with Crippen LogP contribution in [0.4, 0.5) is 0 Å². The standard InChI is InChI=1S/C75H122O6/c1-4-7-10-13-15-17-19-21-23-25-27-29-31-33-35-37-39-41-43-45-47-49-51-53-55-57-59-62-65-68-74(77)80-71-72(70-79-73(76)67-64-61-12-9-6-3)81-75(78)69-66-63-60-58-56-54-52-50-48-46-44-42-40-38-36-34-32-30-28-26-24-22-20-18-16-14-11-8-5-2/h7-8,10-11,15-18,21-24,27-30,33,35,39,41,45,47,51,53,72H,4-6,9,12-14,19-20,25-26,31-32,34,36-38,40,42-44,46,48-50,52,54-71H2,1-3H3/b10-7-,11-8-,17-15-,18-16-,23-21-,24-22-,29-27-,30-28-,35-33-,41-39-,47-45-,53-51-. The number of hydrogen-bond acceptors (Lipinski definition) is 6. The van der Waals surface area contributed by atoms with Crippen LogP contribution in [0.3, 0.4) is 0 Å². The Balaban J connectivity index is 4.10. The van der Waals surface area contributed by atoms with Gasteiger partial charge in [0.05, 0.1) is 0 Å². The van der Waals surface area contributed by atoms with Crippen LogP contribution in [0.15, 0.2) is 146 Å². The van der Waals surface area contributed by atoms with Gasteiger partial charge in [-0.25, -0.2) is 0 Å². The summed E-state index contributed by atoms with van der Waals surface area (Å²) >= 11 is 0. The van der Waals surface area contributed by atoms with Gasteiger partial charge >= 0.3 is 17.9 Å². The Morgan fingerprint density at radius 3 is 0.753 bits per heavy atom. The zero-order valence-corrected chi connectivity index (χ0v) is 52.5. The van der Waals surface area contributed by atoms with Crippen molar-refractivity contribution in [3.63, 3.8) is 0 Å². The van der Waals surface area contributed by atoms with Crippen LogP contribution in [-0.2, 0) is 28.6 Å². The van der Waals surface area contributed by atoms with Crippen molar-refractivity contribution in [1.82, 2.24) is 0 Å². The van der Waals surface area contributed by atoms with Crippen molar-refractivity contribution in [3.05, 3.63) is 146 Å². The summed E-state index contributed by atoms with van der Waals surface area (Å²) in [5.41, 5.74) is 0. The first-order valence-electron chi connectivity index (χ1n) is 33.3. The Hall–Kier alpha value is -4.71. The minimum Gasteiger partial charge on any atom is -0.462 e. The predicted octanol–water partition coefficient (Wildman–Crippen LogP) is 23.1. The molecule has 0 amide bonds. The van der Waals surface area contributed by atoms with Gasteiger partial charge in [0.2, 0.25) is 0 Å². The number of hydrogen-bond donors (Lipinski definition) is 0. The molecule has 458 valence electrons. The van der Waals surface area contributed by atoms with Gasteiger partial charge in [0.15, 0.2) is 6.10 Å². The summed E-state index contributed by atoms with van der Waals surface area (Å²) in [6.07, 6.45) is 97.7. The molecule has 0 heterocycles. The number of allylic oxidation sites excluding steroid dienone is 24. The van der Waals surface area contributed by atoms with Crippen LogP contribution in [0.5, 0.6) is 0 Å². The van der Waals surface area contributed by atoms with Gasteiger partial charge < -0.3 is 14.2 Å². The van der Waals surface area contributed by atoms with E-state index in [4.69, 9.17) is 14.2 Å². The van der Waals surface area contributed by atoms with E-state index in [0.717, 1.165) is 161 Å². The molecule has 0 aliphatic heterocycles. The van der Waals surface area contributed by atoms with Gasteiger partial charge in [-0.05, 0) is 122 Å². The Bertz CT molecular complexity index is 1760. The van der Waals surface area contributed by atoms with Crippen molar-refractivity contribution in [2.24, 2.45) is 0 Å². The molecule has 0 aliphatic rings. The number of unbranched alkanes of at least 4 members (excludes halogenated alkanes) is 24. The summed E-state index contributed by atoms with van der Waals surface area (Å²) in [7, 11) is 0. The highest BCUT2D eigenvalue weighted by molar-refractivity contribution is 5.71. The fourth-order valence-corrected chi connectivity index (χ4v) is 8.92. The molecule has 0 aromatic rings. The van der Waals surface area contributed by atoms with Gasteiger partial charge in [-0.2, -0.15) is 0 Å². The van der Waals surface area contributed by atoms with Gasteiger partial charge in [-0.3, -0.25) is 14.4 Å². The third-order valence-electron chi connectivity index (χ3n) is 13.8. The van der Waals surface area contributed by atoms with Crippen LogP contribution in [0.2, 0.25) is 0 Å². The maximum Gasteiger partial charge on any atom is 0.306 e. The van der Waals surface area contributed by atoms with Crippen molar-refractivity contribution in [3.8, 4) is 0 Å². The lowest BCUT2D eigenvalue weighted by molar-refractivity contribution is -0.167. The summed E-state index contributed by atoms with van der Waals surface area (Å²) in [4.78, 5) is 38.0. The van der Waals surface area contributed by atoms with E-state index in [1.807, 2.05) is 0 Å². The number of carbonyl (C=O) groups excluding carboxylic acids is 3. The van der Waals surface area contributed by atoms with Crippen LogP contribution in [0.1, 0.15) is 290 Å². The highest BCUT2D eigenvalue weighted by Gasteiger charge is 2.19. The number of carbonyl (C=O) groups is 3. The SMILES string of the molecule is CC/C=C\C/C=C\C/C=C\C/C=C\C/C=C\C/C=C\C/C=C\C/C=C\CCCCCCC(=O)OCC(COC(=O)CCCCCCC)OC(=O)CCCCCCCCCCCCCCCCCC/C=C\C/C=C\C/C=C\C/C=C\CC. The normalized spacial score (nSPS) is 13.1. The lowest BCUT2D eigenvalue weighted by Crippen LogP contribution is -2.30. The van der Waals surface area contributed by atoms with Gasteiger partial charge in [-0.1, -0.05) is 295 Å². The lowest BCUT2D eigenvalue weighted by atomic mass is 10.0. The van der Waals surface area contributed by atoms with E-state index in [-0.39, 0.29) is 31.1 Å². The van der Waals surface area contributed by atoms with E-state index in [1.165, 1.54) is 89.9 Å². The van der Waals surface area contributed by atoms with E-state index < -0.39 is 6.10 Å². The zero-order chi connectivity index (χ0) is 58.5. The largest absolute Gasteiger partial charge is 0.462 e. The zero-order valence-electron chi connectivity index (χ0n) is 52.5. The molecule has 1 unspecified atom stereocenters. The molecule has 0 aromatic carbocycles. The van der Waals surface area contributed by atoms with Gasteiger partial charge in [-0.15, -0.1) is 0 Å². The highest BCUT2D eigenvalue weighted by atomic mass is 16.6. The van der Waals surface area contributed by atoms with Crippen LogP contribution in [0.25, 0.3) is 0 Å². The maximum atomic E-state index is 12.9. The number of rotatable bonds is 59. The molecule has 0 aromatic heterocycles. The Morgan fingerprint density at radius 2 is 0.481 bits per heavy atom. The highest BCUT2D eigenvalue weighted by Crippen LogP contribution is 2.16. The molecule has 0 fully saturated rings. The van der Waals surface area contributed by atoms with Gasteiger partial charge in [0.1, 0.15) is 13.2 Å². The second kappa shape index (κ2) is 67.8. The molecule has 0 aliphatic carbocycles. The van der Waals surface area contributed by atoms with Crippen LogP contribution >= 0.6 is 0 Å². The summed E-state index contributed by atoms with van der Waals surface area (Å²) < 4.78 is 16.8. The predicted molar refractivity (Wildman–Crippen MR) is 352 cm³/mol. The first kappa shape index (κ1) is 76.3. The second-order valence-corrected chi connectivity index (χ2v) is 21.6. The van der Waals surface area contributed by atoms with Crippen molar-refractivity contribution in [2.45, 2.75) is 297 Å². The summed E-state index contributed by atoms with van der Waals surface area (Å²) in [6, 6.07) is 0. The van der Waals surface area contributed by atoms with Gasteiger partial charge in [0, 0.05) is 19.3 Å². The summed E-state index contributed by atoms with van der Waals surface area (Å²) in [6.45, 7) is 6.32. The Kier molecular flexibility index (Phi) is 63.9. The van der Waals surface area contributed by atoms with E-state index in [0.29, 0.717) is 19.3 Å². The summed E-state index contributed by atoms with van der Waals surface area (Å²) in [5, 5.41) is 0. The smallest absolute Gasteiger partial charge is 0.306 e. The van der Waals surface area contributed by atoms with Crippen LogP contribution in [-0.4, -0.2) is 37.2 Å². The molecule has 0 rings (SSSR count). The molecular formula is C75H122O6. The average Bonchev–Trinajstić information content (AvgIpc) is 3.47. The lowest BCUT2D eigenvalue weighted by Gasteiger charge is -2.18. The maximum absolute atomic E-state index is 12.9. The number of esters is 3. The number of ether oxygens (including phenoxy) is 3. The van der Waals surface area contributed by atoms with Crippen molar-refractivity contribution < 1.29 is 28.6 Å². The van der Waals surface area contributed by atoms with Crippen molar-refractivity contribution >= 4 is 17.9 Å². The molecule has 0 bridgehead atoms. The minimum absolute atomic E-state index is 0.0895. The van der Waals surface area contributed by atoms with E-state index in [1.54, 1.807) is 0 Å². The third-order valence-corrected chi connectivity index (χ3v) is 13.8. The van der Waals surface area contributed by atoms with Crippen molar-refractivity contribution in [1.29, 1.82) is 0 Å². The van der Waals surface area contributed by atoms with E-state index in [9.17, 15) is 14.4 Å².